The maximum absolute atomic E-state index is 12.1. The molecule has 1 heterocycles. The first-order valence-corrected chi connectivity index (χ1v) is 7.02. The molecule has 1 aliphatic heterocycles. The van der Waals surface area contributed by atoms with E-state index in [-0.39, 0.29) is 16.9 Å². The van der Waals surface area contributed by atoms with Crippen LogP contribution in [-0.2, 0) is 9.53 Å². The Morgan fingerprint density at radius 3 is 2.00 bits per heavy atom. The molecular formula is C15H29NO2. The first-order valence-electron chi connectivity index (χ1n) is 7.02. The summed E-state index contributed by atoms with van der Waals surface area (Å²) in [4.78, 5) is 14.1. The molecule has 1 fully saturated rings. The van der Waals surface area contributed by atoms with Gasteiger partial charge in [0.2, 0.25) is 5.91 Å². The van der Waals surface area contributed by atoms with Gasteiger partial charge in [-0.05, 0) is 39.0 Å². The Morgan fingerprint density at radius 1 is 1.11 bits per heavy atom. The molecule has 0 saturated carbocycles. The van der Waals surface area contributed by atoms with Gasteiger partial charge in [-0.1, -0.05) is 20.8 Å². The molecule has 0 aliphatic carbocycles. The first-order chi connectivity index (χ1) is 8.07. The van der Waals surface area contributed by atoms with Crippen molar-refractivity contribution in [2.75, 3.05) is 13.1 Å². The number of likely N-dealkylation sites (tertiary alicyclic amines) is 1. The molecule has 3 heteroatoms. The Morgan fingerprint density at radius 2 is 1.61 bits per heavy atom. The Balaban J connectivity index is 2.37. The molecule has 0 radical (unpaired) electrons. The summed E-state index contributed by atoms with van der Waals surface area (Å²) in [5, 5.41) is 0. The third-order valence-electron chi connectivity index (χ3n) is 3.00. The second-order valence-electron chi connectivity index (χ2n) is 7.55. The van der Waals surface area contributed by atoms with Crippen LogP contribution in [-0.4, -0.2) is 35.6 Å². The highest BCUT2D eigenvalue weighted by atomic mass is 16.5. The summed E-state index contributed by atoms with van der Waals surface area (Å²) in [7, 11) is 0. The third-order valence-corrected chi connectivity index (χ3v) is 3.00. The van der Waals surface area contributed by atoms with E-state index in [1.165, 1.54) is 0 Å². The zero-order valence-corrected chi connectivity index (χ0v) is 12.9. The van der Waals surface area contributed by atoms with Crippen molar-refractivity contribution >= 4 is 5.91 Å². The van der Waals surface area contributed by atoms with Crippen molar-refractivity contribution in [3.8, 4) is 0 Å². The Kier molecular flexibility index (Phi) is 4.82. The predicted molar refractivity (Wildman–Crippen MR) is 74.5 cm³/mol. The first kappa shape index (κ1) is 15.5. The van der Waals surface area contributed by atoms with Crippen molar-refractivity contribution in [2.45, 2.75) is 72.5 Å². The minimum atomic E-state index is -0.0811. The number of nitrogens with zero attached hydrogens (tertiary/aromatic N) is 1. The Labute approximate surface area is 112 Å². The lowest BCUT2D eigenvalue weighted by molar-refractivity contribution is -0.138. The minimum absolute atomic E-state index is 0.0792. The van der Waals surface area contributed by atoms with E-state index in [4.69, 9.17) is 4.74 Å². The maximum atomic E-state index is 12.1. The zero-order chi connectivity index (χ0) is 14.0. The highest BCUT2D eigenvalue weighted by Crippen LogP contribution is 2.24. The molecule has 3 nitrogen and oxygen atoms in total. The molecule has 0 unspecified atom stereocenters. The second kappa shape index (κ2) is 5.60. The molecule has 1 rings (SSSR count). The summed E-state index contributed by atoms with van der Waals surface area (Å²) in [5.41, 5.74) is -0.00189. The number of hydrogen-bond donors (Lipinski definition) is 0. The lowest BCUT2D eigenvalue weighted by Gasteiger charge is -2.36. The number of piperidine rings is 1. The van der Waals surface area contributed by atoms with E-state index >= 15 is 0 Å². The summed E-state index contributed by atoms with van der Waals surface area (Å²) in [5.74, 6) is 0.289. The van der Waals surface area contributed by atoms with Crippen LogP contribution in [0, 0.1) is 5.41 Å². The normalized spacial score (nSPS) is 19.1. The average molecular weight is 255 g/mol. The van der Waals surface area contributed by atoms with Crippen LogP contribution in [0.3, 0.4) is 0 Å². The fraction of sp³-hybridized carbons (Fsp3) is 0.933. The quantitative estimate of drug-likeness (QED) is 0.758. The molecular weight excluding hydrogens is 226 g/mol. The third kappa shape index (κ3) is 5.85. The van der Waals surface area contributed by atoms with E-state index in [1.807, 2.05) is 4.90 Å². The van der Waals surface area contributed by atoms with E-state index in [0.717, 1.165) is 25.9 Å². The van der Waals surface area contributed by atoms with Crippen LogP contribution < -0.4 is 0 Å². The number of amides is 1. The molecule has 1 amide bonds. The van der Waals surface area contributed by atoms with Gasteiger partial charge in [0.1, 0.15) is 0 Å². The monoisotopic (exact) mass is 255 g/mol. The summed E-state index contributed by atoms with van der Waals surface area (Å²) >= 11 is 0. The fourth-order valence-electron chi connectivity index (χ4n) is 2.29. The molecule has 0 N–H and O–H groups in total. The number of ether oxygens (including phenoxy) is 1. The van der Waals surface area contributed by atoms with Gasteiger partial charge in [0.25, 0.3) is 0 Å². The van der Waals surface area contributed by atoms with Gasteiger partial charge in [-0.3, -0.25) is 4.79 Å². The Hall–Kier alpha value is -0.570. The van der Waals surface area contributed by atoms with Gasteiger partial charge in [-0.2, -0.15) is 0 Å². The highest BCUT2D eigenvalue weighted by Gasteiger charge is 2.28. The van der Waals surface area contributed by atoms with Gasteiger partial charge >= 0.3 is 0 Å². The minimum Gasteiger partial charge on any atom is -0.372 e. The largest absolute Gasteiger partial charge is 0.372 e. The van der Waals surface area contributed by atoms with Crippen LogP contribution in [0.1, 0.15) is 60.8 Å². The molecule has 0 aromatic heterocycles. The molecule has 0 aromatic rings. The van der Waals surface area contributed by atoms with Crippen molar-refractivity contribution in [1.82, 2.24) is 4.90 Å². The van der Waals surface area contributed by atoms with Crippen molar-refractivity contribution in [3.63, 3.8) is 0 Å². The van der Waals surface area contributed by atoms with E-state index in [2.05, 4.69) is 41.5 Å². The molecule has 1 saturated heterocycles. The number of carbonyl (C=O) groups is 1. The standard InChI is InChI=1S/C15H29NO2/c1-14(2,3)11-13(17)16-9-7-12(8-10-16)18-15(4,5)6/h12H,7-11H2,1-6H3. The summed E-state index contributed by atoms with van der Waals surface area (Å²) < 4.78 is 5.97. The van der Waals surface area contributed by atoms with Crippen molar-refractivity contribution in [2.24, 2.45) is 5.41 Å². The van der Waals surface area contributed by atoms with Crippen LogP contribution >= 0.6 is 0 Å². The van der Waals surface area contributed by atoms with Crippen LogP contribution in [0.15, 0.2) is 0 Å². The van der Waals surface area contributed by atoms with E-state index in [0.29, 0.717) is 12.5 Å². The van der Waals surface area contributed by atoms with Crippen LogP contribution in [0.4, 0.5) is 0 Å². The molecule has 1 aliphatic rings. The van der Waals surface area contributed by atoms with E-state index in [9.17, 15) is 4.79 Å². The smallest absolute Gasteiger partial charge is 0.223 e. The summed E-state index contributed by atoms with van der Waals surface area (Å²) in [6, 6.07) is 0. The summed E-state index contributed by atoms with van der Waals surface area (Å²) in [6.45, 7) is 14.3. The number of hydrogen-bond acceptors (Lipinski definition) is 2. The van der Waals surface area contributed by atoms with Gasteiger partial charge < -0.3 is 9.64 Å². The predicted octanol–water partition coefficient (Wildman–Crippen LogP) is 3.23. The molecule has 0 bridgehead atoms. The highest BCUT2D eigenvalue weighted by molar-refractivity contribution is 5.76. The van der Waals surface area contributed by atoms with Gasteiger partial charge in [-0.25, -0.2) is 0 Å². The van der Waals surface area contributed by atoms with E-state index < -0.39 is 0 Å². The van der Waals surface area contributed by atoms with Crippen LogP contribution in [0.2, 0.25) is 0 Å². The average Bonchev–Trinajstić information content (AvgIpc) is 2.13. The van der Waals surface area contributed by atoms with Crippen molar-refractivity contribution < 1.29 is 9.53 Å². The molecule has 18 heavy (non-hydrogen) atoms. The number of rotatable bonds is 2. The topological polar surface area (TPSA) is 29.5 Å². The zero-order valence-electron chi connectivity index (χ0n) is 12.9. The number of carbonyl (C=O) groups excluding carboxylic acids is 1. The summed E-state index contributed by atoms with van der Waals surface area (Å²) in [6.07, 6.45) is 2.88. The molecule has 0 spiro atoms. The molecule has 0 aromatic carbocycles. The maximum Gasteiger partial charge on any atom is 0.223 e. The van der Waals surface area contributed by atoms with Crippen molar-refractivity contribution in [3.05, 3.63) is 0 Å². The fourth-order valence-corrected chi connectivity index (χ4v) is 2.29. The SMILES string of the molecule is CC(C)(C)CC(=O)N1CCC(OC(C)(C)C)CC1. The Bertz CT molecular complexity index is 278. The van der Waals surface area contributed by atoms with Gasteiger partial charge in [0.05, 0.1) is 11.7 Å². The van der Waals surface area contributed by atoms with Crippen LogP contribution in [0.5, 0.6) is 0 Å². The lowest BCUT2D eigenvalue weighted by atomic mass is 9.91. The molecule has 106 valence electrons. The molecule has 0 atom stereocenters. The van der Waals surface area contributed by atoms with Gasteiger partial charge in [0.15, 0.2) is 0 Å². The van der Waals surface area contributed by atoms with E-state index in [1.54, 1.807) is 0 Å². The van der Waals surface area contributed by atoms with Gasteiger partial charge in [0, 0.05) is 19.5 Å². The second-order valence-corrected chi connectivity index (χ2v) is 7.55. The van der Waals surface area contributed by atoms with Crippen molar-refractivity contribution in [1.29, 1.82) is 0 Å². The van der Waals surface area contributed by atoms with Crippen LogP contribution in [0.25, 0.3) is 0 Å². The van der Waals surface area contributed by atoms with Gasteiger partial charge in [-0.15, -0.1) is 0 Å². The lowest BCUT2D eigenvalue weighted by Crippen LogP contribution is -2.43.